The van der Waals surface area contributed by atoms with Gasteiger partial charge >= 0.3 is 5.97 Å². The van der Waals surface area contributed by atoms with E-state index in [9.17, 15) is 9.59 Å². The number of carbonyl (C=O) groups is 2. The van der Waals surface area contributed by atoms with Gasteiger partial charge < -0.3 is 9.84 Å². The number of fused-ring (bicyclic) bond motifs is 2. The standard InChI is InChI=1S/C18H13ClO4/c19-12-5-7-17-14(10-12)13(15(20)6-8-18(21)22)9-11-3-1-2-4-16(11)23-17/h1-8,10,13H,9H2,(H,21,22)/b8-6+. The lowest BCUT2D eigenvalue weighted by Gasteiger charge is -2.14. The van der Waals surface area contributed by atoms with Gasteiger partial charge in [-0.1, -0.05) is 29.8 Å². The van der Waals surface area contributed by atoms with Crippen LogP contribution in [0.2, 0.25) is 5.02 Å². The second kappa shape index (κ2) is 6.26. The average Bonchev–Trinajstić information content (AvgIpc) is 2.69. The highest BCUT2D eigenvalue weighted by molar-refractivity contribution is 6.30. The molecule has 1 heterocycles. The second-order valence-corrected chi connectivity index (χ2v) is 5.66. The molecule has 0 aliphatic carbocycles. The van der Waals surface area contributed by atoms with E-state index in [-0.39, 0.29) is 5.78 Å². The topological polar surface area (TPSA) is 63.6 Å². The predicted molar refractivity (Wildman–Crippen MR) is 86.2 cm³/mol. The minimum atomic E-state index is -1.16. The first-order chi connectivity index (χ1) is 11.0. The van der Waals surface area contributed by atoms with Crippen LogP contribution < -0.4 is 4.74 Å². The third-order valence-corrected chi connectivity index (χ3v) is 3.93. The summed E-state index contributed by atoms with van der Waals surface area (Å²) >= 11 is 6.06. The fraction of sp³-hybridized carbons (Fsp3) is 0.111. The molecule has 1 unspecified atom stereocenters. The quantitative estimate of drug-likeness (QED) is 0.865. The fourth-order valence-electron chi connectivity index (χ4n) is 2.63. The minimum absolute atomic E-state index is 0.295. The van der Waals surface area contributed by atoms with E-state index in [2.05, 4.69) is 0 Å². The van der Waals surface area contributed by atoms with E-state index >= 15 is 0 Å². The third-order valence-electron chi connectivity index (χ3n) is 3.70. The number of ether oxygens (including phenoxy) is 1. The number of halogens is 1. The SMILES string of the molecule is O=C(O)/C=C/C(=O)C1Cc2ccccc2Oc2ccc(Cl)cc21. The summed E-state index contributed by atoms with van der Waals surface area (Å²) in [6.07, 6.45) is 2.36. The van der Waals surface area contributed by atoms with Gasteiger partial charge in [0.1, 0.15) is 11.5 Å². The number of para-hydroxylation sites is 1. The van der Waals surface area contributed by atoms with Crippen LogP contribution in [-0.2, 0) is 16.0 Å². The van der Waals surface area contributed by atoms with Crippen molar-refractivity contribution < 1.29 is 19.4 Å². The molecule has 0 bridgehead atoms. The molecule has 5 heteroatoms. The van der Waals surface area contributed by atoms with Crippen LogP contribution in [0.3, 0.4) is 0 Å². The van der Waals surface area contributed by atoms with Gasteiger partial charge in [0.2, 0.25) is 0 Å². The monoisotopic (exact) mass is 328 g/mol. The van der Waals surface area contributed by atoms with E-state index in [0.717, 1.165) is 17.7 Å². The summed E-state index contributed by atoms with van der Waals surface area (Å²) in [7, 11) is 0. The van der Waals surface area contributed by atoms with Gasteiger partial charge in [-0.2, -0.15) is 0 Å². The van der Waals surface area contributed by atoms with Crippen LogP contribution in [0, 0.1) is 0 Å². The van der Waals surface area contributed by atoms with Crippen molar-refractivity contribution in [2.45, 2.75) is 12.3 Å². The molecule has 0 saturated heterocycles. The highest BCUT2D eigenvalue weighted by atomic mass is 35.5. The Hall–Kier alpha value is -2.59. The van der Waals surface area contributed by atoms with Crippen molar-refractivity contribution in [1.29, 1.82) is 0 Å². The molecule has 0 amide bonds. The first-order valence-electron chi connectivity index (χ1n) is 7.04. The van der Waals surface area contributed by atoms with E-state index in [1.165, 1.54) is 0 Å². The molecule has 0 aromatic heterocycles. The molecule has 2 aromatic carbocycles. The highest BCUT2D eigenvalue weighted by Gasteiger charge is 2.27. The summed E-state index contributed by atoms with van der Waals surface area (Å²) in [6.45, 7) is 0. The smallest absolute Gasteiger partial charge is 0.328 e. The number of hydrogen-bond acceptors (Lipinski definition) is 3. The molecular formula is C18H13ClO4. The van der Waals surface area contributed by atoms with Crippen LogP contribution in [0.4, 0.5) is 0 Å². The molecule has 0 radical (unpaired) electrons. The summed E-state index contributed by atoms with van der Waals surface area (Å²) in [5, 5.41) is 9.23. The van der Waals surface area contributed by atoms with Crippen LogP contribution >= 0.6 is 11.6 Å². The summed E-state index contributed by atoms with van der Waals surface area (Å²) in [5.74, 6) is -0.746. The first kappa shape index (κ1) is 15.3. The van der Waals surface area contributed by atoms with Crippen LogP contribution in [0.1, 0.15) is 17.0 Å². The lowest BCUT2D eigenvalue weighted by molar-refractivity contribution is -0.131. The first-order valence-corrected chi connectivity index (χ1v) is 7.42. The number of carboxylic acids is 1. The number of allylic oxidation sites excluding steroid dienone is 1. The Morgan fingerprint density at radius 3 is 2.70 bits per heavy atom. The molecule has 23 heavy (non-hydrogen) atoms. The molecule has 1 N–H and O–H groups in total. The van der Waals surface area contributed by atoms with Crippen LogP contribution in [0.15, 0.2) is 54.6 Å². The van der Waals surface area contributed by atoms with Gasteiger partial charge in [-0.15, -0.1) is 0 Å². The Morgan fingerprint density at radius 1 is 1.13 bits per heavy atom. The van der Waals surface area contributed by atoms with Crippen molar-refractivity contribution >= 4 is 23.4 Å². The van der Waals surface area contributed by atoms with Gasteiger partial charge in [-0.05, 0) is 42.3 Å². The number of carboxylic acid groups (broad SMARTS) is 1. The normalized spacial score (nSPS) is 16.1. The van der Waals surface area contributed by atoms with E-state index in [0.29, 0.717) is 28.5 Å². The molecular weight excluding hydrogens is 316 g/mol. The van der Waals surface area contributed by atoms with E-state index in [1.807, 2.05) is 24.3 Å². The summed E-state index contributed by atoms with van der Waals surface area (Å²) in [6, 6.07) is 12.6. The van der Waals surface area contributed by atoms with Crippen molar-refractivity contribution in [2.24, 2.45) is 0 Å². The van der Waals surface area contributed by atoms with E-state index in [1.54, 1.807) is 18.2 Å². The maximum Gasteiger partial charge on any atom is 0.328 e. The van der Waals surface area contributed by atoms with Gasteiger partial charge in [-0.3, -0.25) is 4.79 Å². The lowest BCUT2D eigenvalue weighted by Crippen LogP contribution is -2.13. The molecule has 4 nitrogen and oxygen atoms in total. The molecule has 0 saturated carbocycles. The summed E-state index contributed by atoms with van der Waals surface area (Å²) in [5.41, 5.74) is 1.55. The molecule has 1 aliphatic heterocycles. The molecule has 3 rings (SSSR count). The zero-order valence-corrected chi connectivity index (χ0v) is 12.8. The average molecular weight is 329 g/mol. The van der Waals surface area contributed by atoms with Gasteiger partial charge in [0.25, 0.3) is 0 Å². The molecule has 0 fully saturated rings. The van der Waals surface area contributed by atoms with Crippen molar-refractivity contribution in [3.63, 3.8) is 0 Å². The highest BCUT2D eigenvalue weighted by Crippen LogP contribution is 2.40. The molecule has 116 valence electrons. The maximum absolute atomic E-state index is 12.5. The number of rotatable bonds is 3. The number of hydrogen-bond donors (Lipinski definition) is 1. The second-order valence-electron chi connectivity index (χ2n) is 5.22. The Balaban J connectivity index is 2.08. The van der Waals surface area contributed by atoms with Crippen LogP contribution in [0.25, 0.3) is 0 Å². The van der Waals surface area contributed by atoms with Gasteiger partial charge in [0, 0.05) is 16.7 Å². The van der Waals surface area contributed by atoms with Crippen molar-refractivity contribution in [2.75, 3.05) is 0 Å². The maximum atomic E-state index is 12.5. The minimum Gasteiger partial charge on any atom is -0.478 e. The Bertz CT molecular complexity index is 810. The summed E-state index contributed by atoms with van der Waals surface area (Å²) in [4.78, 5) is 23.2. The van der Waals surface area contributed by atoms with Gasteiger partial charge in [-0.25, -0.2) is 4.79 Å². The molecule has 2 aromatic rings. The van der Waals surface area contributed by atoms with E-state index in [4.69, 9.17) is 21.4 Å². The summed E-state index contributed by atoms with van der Waals surface area (Å²) < 4.78 is 5.91. The van der Waals surface area contributed by atoms with Crippen LogP contribution in [-0.4, -0.2) is 16.9 Å². The number of carbonyl (C=O) groups excluding carboxylic acids is 1. The van der Waals surface area contributed by atoms with Crippen molar-refractivity contribution in [1.82, 2.24) is 0 Å². The van der Waals surface area contributed by atoms with Crippen LogP contribution in [0.5, 0.6) is 11.5 Å². The van der Waals surface area contributed by atoms with E-state index < -0.39 is 11.9 Å². The zero-order valence-electron chi connectivity index (χ0n) is 12.0. The molecule has 1 atom stereocenters. The molecule has 0 spiro atoms. The zero-order chi connectivity index (χ0) is 16.4. The largest absolute Gasteiger partial charge is 0.478 e. The third kappa shape index (κ3) is 3.27. The number of aliphatic carboxylic acids is 1. The Labute approximate surface area is 138 Å². The molecule has 1 aliphatic rings. The fourth-order valence-corrected chi connectivity index (χ4v) is 2.81. The number of benzene rings is 2. The Kier molecular flexibility index (Phi) is 4.17. The van der Waals surface area contributed by atoms with Crippen molar-refractivity contribution in [3.05, 3.63) is 70.8 Å². The number of ketones is 1. The van der Waals surface area contributed by atoms with Gasteiger partial charge in [0.05, 0.1) is 5.92 Å². The lowest BCUT2D eigenvalue weighted by atomic mass is 9.88. The predicted octanol–water partition coefficient (Wildman–Crippen LogP) is 3.98. The van der Waals surface area contributed by atoms with Crippen molar-refractivity contribution in [3.8, 4) is 11.5 Å². The van der Waals surface area contributed by atoms with Gasteiger partial charge in [0.15, 0.2) is 5.78 Å². The Morgan fingerprint density at radius 2 is 1.91 bits per heavy atom.